The average molecular weight is 384 g/mol. The zero-order valence-electron chi connectivity index (χ0n) is 15.8. The molecule has 0 bridgehead atoms. The number of ketones is 1. The van der Waals surface area contributed by atoms with Crippen molar-refractivity contribution in [3.63, 3.8) is 0 Å². The molecular formula is C22H25O4P. The van der Waals surface area contributed by atoms with Crippen LogP contribution >= 0.6 is 7.60 Å². The molecule has 2 aromatic carbocycles. The van der Waals surface area contributed by atoms with Crippen LogP contribution in [-0.4, -0.2) is 24.2 Å². The molecule has 1 aliphatic rings. The zero-order valence-corrected chi connectivity index (χ0v) is 16.7. The molecule has 1 aliphatic carbocycles. The largest absolute Gasteiger partial charge is 0.345 e. The van der Waals surface area contributed by atoms with Crippen LogP contribution in [0.1, 0.15) is 44.6 Å². The molecule has 2 atom stereocenters. The Morgan fingerprint density at radius 1 is 1.15 bits per heavy atom. The molecule has 4 nitrogen and oxygen atoms in total. The van der Waals surface area contributed by atoms with Gasteiger partial charge in [-0.25, -0.2) is 0 Å². The first kappa shape index (κ1) is 19.8. The molecule has 1 saturated carbocycles. The number of carbonyl (C=O) groups is 1. The number of carbonyl (C=O) groups excluding carboxylic acids is 1. The van der Waals surface area contributed by atoms with Crippen LogP contribution in [0.15, 0.2) is 42.5 Å². The van der Waals surface area contributed by atoms with Crippen molar-refractivity contribution in [2.75, 3.05) is 13.2 Å². The van der Waals surface area contributed by atoms with Gasteiger partial charge in [0.05, 0.1) is 19.1 Å². The van der Waals surface area contributed by atoms with Gasteiger partial charge in [0.25, 0.3) is 0 Å². The number of terminal acetylenes is 1. The number of benzene rings is 2. The minimum absolute atomic E-state index is 0.121. The van der Waals surface area contributed by atoms with Crippen LogP contribution in [0.5, 0.6) is 0 Å². The van der Waals surface area contributed by atoms with E-state index in [0.717, 1.165) is 16.3 Å². The van der Waals surface area contributed by atoms with Crippen LogP contribution in [-0.2, 0) is 18.4 Å². The van der Waals surface area contributed by atoms with Crippen LogP contribution in [0.25, 0.3) is 10.8 Å². The van der Waals surface area contributed by atoms with E-state index in [0.29, 0.717) is 19.3 Å². The van der Waals surface area contributed by atoms with E-state index in [1.807, 2.05) is 42.5 Å². The summed E-state index contributed by atoms with van der Waals surface area (Å²) in [6, 6.07) is 13.8. The standard InChI is InChI=1S/C22H25O4P/c1-4-20(19-14-13-17-10-7-8-11-18(17)16-19)22(15-9-12-21(22)23)27(24,25-5-2)26-6-3/h1,7-8,10-11,13-14,16,20H,5-6,9,12,15H2,2-3H3/t20-,22+/m1/s1. The Labute approximate surface area is 160 Å². The quantitative estimate of drug-likeness (QED) is 0.479. The number of hydrogen-bond donors (Lipinski definition) is 0. The van der Waals surface area contributed by atoms with Crippen LogP contribution in [0.3, 0.4) is 0 Å². The monoisotopic (exact) mass is 384 g/mol. The maximum atomic E-state index is 13.8. The molecule has 5 heteroatoms. The second-order valence-electron chi connectivity index (χ2n) is 6.74. The molecule has 142 valence electrons. The highest BCUT2D eigenvalue weighted by Gasteiger charge is 2.62. The van der Waals surface area contributed by atoms with E-state index in [1.54, 1.807) is 13.8 Å². The molecule has 1 fully saturated rings. The van der Waals surface area contributed by atoms with E-state index in [9.17, 15) is 9.36 Å². The lowest BCUT2D eigenvalue weighted by molar-refractivity contribution is -0.120. The van der Waals surface area contributed by atoms with Gasteiger partial charge in [-0.05, 0) is 49.1 Å². The molecule has 27 heavy (non-hydrogen) atoms. The normalized spacial score (nSPS) is 21.3. The minimum Gasteiger partial charge on any atom is -0.308 e. The first-order chi connectivity index (χ1) is 13.0. The SMILES string of the molecule is C#C[C@H](c1ccc2ccccc2c1)[C@@]1(P(=O)(OCC)OCC)CCCC1=O. The maximum Gasteiger partial charge on any atom is 0.345 e. The predicted molar refractivity (Wildman–Crippen MR) is 108 cm³/mol. The van der Waals surface area contributed by atoms with Crippen LogP contribution in [0.4, 0.5) is 0 Å². The van der Waals surface area contributed by atoms with Gasteiger partial charge in [0, 0.05) is 6.42 Å². The van der Waals surface area contributed by atoms with Gasteiger partial charge in [0.15, 0.2) is 5.78 Å². The van der Waals surface area contributed by atoms with Gasteiger partial charge >= 0.3 is 7.60 Å². The van der Waals surface area contributed by atoms with Crippen molar-refractivity contribution in [3.05, 3.63) is 48.0 Å². The van der Waals surface area contributed by atoms with E-state index in [1.165, 1.54) is 0 Å². The first-order valence-electron chi connectivity index (χ1n) is 9.39. The summed E-state index contributed by atoms with van der Waals surface area (Å²) in [6.07, 6.45) is 7.32. The third-order valence-corrected chi connectivity index (χ3v) is 8.19. The van der Waals surface area contributed by atoms with Crippen LogP contribution in [0, 0.1) is 12.3 Å². The second kappa shape index (κ2) is 7.98. The van der Waals surface area contributed by atoms with Crippen molar-refractivity contribution in [2.24, 2.45) is 0 Å². The fraction of sp³-hybridized carbons (Fsp3) is 0.409. The Morgan fingerprint density at radius 3 is 2.37 bits per heavy atom. The Bertz CT molecular complexity index is 919. The van der Waals surface area contributed by atoms with Gasteiger partial charge in [0.2, 0.25) is 0 Å². The molecule has 0 spiro atoms. The lowest BCUT2D eigenvalue weighted by Gasteiger charge is -2.38. The average Bonchev–Trinajstić information content (AvgIpc) is 3.05. The highest BCUT2D eigenvalue weighted by Crippen LogP contribution is 2.69. The first-order valence-corrected chi connectivity index (χ1v) is 10.9. The molecule has 0 aromatic heterocycles. The Balaban J connectivity index is 2.19. The molecule has 0 amide bonds. The minimum atomic E-state index is -3.74. The van der Waals surface area contributed by atoms with E-state index < -0.39 is 18.7 Å². The van der Waals surface area contributed by atoms with E-state index in [4.69, 9.17) is 15.5 Å². The predicted octanol–water partition coefficient (Wildman–Crippen LogP) is 5.31. The van der Waals surface area contributed by atoms with E-state index >= 15 is 0 Å². The van der Waals surface area contributed by atoms with E-state index in [2.05, 4.69) is 5.92 Å². The van der Waals surface area contributed by atoms with Crippen molar-refractivity contribution in [3.8, 4) is 12.3 Å². The summed E-state index contributed by atoms with van der Waals surface area (Å²) in [5.74, 6) is 1.98. The van der Waals surface area contributed by atoms with Crippen LogP contribution in [0.2, 0.25) is 0 Å². The lowest BCUT2D eigenvalue weighted by Crippen LogP contribution is -2.41. The Hall–Kier alpha value is -1.92. The smallest absolute Gasteiger partial charge is 0.308 e. The fourth-order valence-corrected chi connectivity index (χ4v) is 6.74. The van der Waals surface area contributed by atoms with Crippen molar-refractivity contribution >= 4 is 24.2 Å². The summed E-state index contributed by atoms with van der Waals surface area (Å²) in [4.78, 5) is 13.1. The maximum absolute atomic E-state index is 13.8. The third kappa shape index (κ3) is 3.25. The summed E-state index contributed by atoms with van der Waals surface area (Å²) < 4.78 is 25.1. The van der Waals surface area contributed by atoms with Gasteiger partial charge in [0.1, 0.15) is 5.16 Å². The molecular weight excluding hydrogens is 359 g/mol. The lowest BCUT2D eigenvalue weighted by atomic mass is 9.83. The summed E-state index contributed by atoms with van der Waals surface area (Å²) in [5, 5.41) is 0.788. The molecule has 0 radical (unpaired) electrons. The molecule has 2 aromatic rings. The summed E-state index contributed by atoms with van der Waals surface area (Å²) in [7, 11) is -3.74. The Kier molecular flexibility index (Phi) is 5.86. The number of rotatable bonds is 7. The molecule has 0 saturated heterocycles. The van der Waals surface area contributed by atoms with Crippen molar-refractivity contribution in [1.82, 2.24) is 0 Å². The van der Waals surface area contributed by atoms with Crippen molar-refractivity contribution < 1.29 is 18.4 Å². The second-order valence-corrected chi connectivity index (χ2v) is 9.05. The van der Waals surface area contributed by atoms with E-state index in [-0.39, 0.29) is 19.0 Å². The molecule has 0 aliphatic heterocycles. The number of fused-ring (bicyclic) bond motifs is 1. The molecule has 3 rings (SSSR count). The summed E-state index contributed by atoms with van der Waals surface area (Å²) >= 11 is 0. The fourth-order valence-electron chi connectivity index (χ4n) is 4.13. The van der Waals surface area contributed by atoms with Gasteiger partial charge in [-0.15, -0.1) is 6.42 Å². The Morgan fingerprint density at radius 2 is 1.81 bits per heavy atom. The van der Waals surface area contributed by atoms with Crippen molar-refractivity contribution in [2.45, 2.75) is 44.2 Å². The number of Topliss-reactive ketones (excluding diaryl/α,β-unsaturated/α-hetero) is 1. The highest BCUT2D eigenvalue weighted by atomic mass is 31.2. The number of hydrogen-bond acceptors (Lipinski definition) is 4. The van der Waals surface area contributed by atoms with Gasteiger partial charge in [-0.3, -0.25) is 9.36 Å². The van der Waals surface area contributed by atoms with Gasteiger partial charge in [-0.1, -0.05) is 42.3 Å². The highest BCUT2D eigenvalue weighted by molar-refractivity contribution is 7.57. The third-order valence-electron chi connectivity index (χ3n) is 5.28. The molecule has 0 unspecified atom stereocenters. The summed E-state index contributed by atoms with van der Waals surface area (Å²) in [5.41, 5.74) is 0.797. The topological polar surface area (TPSA) is 52.6 Å². The van der Waals surface area contributed by atoms with Gasteiger partial charge < -0.3 is 9.05 Å². The van der Waals surface area contributed by atoms with Crippen molar-refractivity contribution in [1.29, 1.82) is 0 Å². The van der Waals surface area contributed by atoms with Gasteiger partial charge in [-0.2, -0.15) is 0 Å². The van der Waals surface area contributed by atoms with Crippen LogP contribution < -0.4 is 0 Å². The molecule has 0 heterocycles. The summed E-state index contributed by atoms with van der Waals surface area (Å²) in [6.45, 7) is 3.89. The molecule has 0 N–H and O–H groups in total. The zero-order chi connectivity index (χ0) is 19.5.